The molecule has 0 spiro atoms. The van der Waals surface area contributed by atoms with Crippen molar-refractivity contribution in [1.29, 1.82) is 0 Å². The average Bonchev–Trinajstić information content (AvgIpc) is 2.79. The van der Waals surface area contributed by atoms with Crippen molar-refractivity contribution in [3.05, 3.63) is 24.3 Å². The molecule has 4 rings (SSSR count). The molecule has 0 bridgehead atoms. The molecule has 9 atom stereocenters. The zero-order chi connectivity index (χ0) is 18.0. The minimum absolute atomic E-state index is 0.0291. The number of aliphatic hydroxyl groups excluding tert-OH is 1. The Morgan fingerprint density at radius 3 is 2.68 bits per heavy atom. The van der Waals surface area contributed by atoms with Gasteiger partial charge in [0.1, 0.15) is 6.10 Å². The molecule has 2 fully saturated rings. The highest BCUT2D eigenvalue weighted by Crippen LogP contribution is 2.64. The van der Waals surface area contributed by atoms with E-state index in [9.17, 15) is 9.90 Å². The lowest BCUT2D eigenvalue weighted by molar-refractivity contribution is -0.155. The number of esters is 1. The maximum atomic E-state index is 11.6. The summed E-state index contributed by atoms with van der Waals surface area (Å²) < 4.78 is 5.76. The lowest BCUT2D eigenvalue weighted by Gasteiger charge is -2.56. The molecule has 4 aliphatic carbocycles. The fourth-order valence-corrected chi connectivity index (χ4v) is 7.60. The molecule has 4 heteroatoms. The van der Waals surface area contributed by atoms with Crippen LogP contribution in [0, 0.1) is 34.5 Å². The summed E-state index contributed by atoms with van der Waals surface area (Å²) in [5.41, 5.74) is 0.188. The molecule has 0 aromatic heterocycles. The second-order valence-corrected chi connectivity index (χ2v) is 10.3. The Hall–Kier alpha value is -0.610. The Morgan fingerprint density at radius 1 is 1.20 bits per heavy atom. The van der Waals surface area contributed by atoms with Gasteiger partial charge in [0.2, 0.25) is 0 Å². The van der Waals surface area contributed by atoms with Gasteiger partial charge in [0, 0.05) is 12.3 Å². The smallest absolute Gasteiger partial charge is 0.302 e. The van der Waals surface area contributed by atoms with Crippen molar-refractivity contribution in [2.75, 3.05) is 0 Å². The number of rotatable bonds is 1. The average molecular weight is 409 g/mol. The summed E-state index contributed by atoms with van der Waals surface area (Å²) in [5.74, 6) is 1.94. The van der Waals surface area contributed by atoms with Crippen LogP contribution in [0.5, 0.6) is 0 Å². The first-order chi connectivity index (χ1) is 11.8. The number of carbonyl (C=O) groups is 1. The van der Waals surface area contributed by atoms with Gasteiger partial charge in [-0.2, -0.15) is 0 Å². The van der Waals surface area contributed by atoms with E-state index < -0.39 is 0 Å². The second kappa shape index (κ2) is 5.95. The van der Waals surface area contributed by atoms with Crippen molar-refractivity contribution in [2.45, 2.75) is 63.5 Å². The van der Waals surface area contributed by atoms with Gasteiger partial charge in [-0.05, 0) is 54.8 Å². The van der Waals surface area contributed by atoms with Gasteiger partial charge in [-0.15, -0.1) is 0 Å². The van der Waals surface area contributed by atoms with Crippen LogP contribution in [0.3, 0.4) is 0 Å². The van der Waals surface area contributed by atoms with Crippen LogP contribution in [0.2, 0.25) is 0 Å². The molecule has 0 aromatic carbocycles. The van der Waals surface area contributed by atoms with E-state index in [1.165, 1.54) is 6.92 Å². The van der Waals surface area contributed by atoms with Gasteiger partial charge in [-0.3, -0.25) is 4.79 Å². The van der Waals surface area contributed by atoms with Crippen molar-refractivity contribution in [1.82, 2.24) is 0 Å². The summed E-state index contributed by atoms with van der Waals surface area (Å²) in [4.78, 5) is 11.9. The molecule has 4 aliphatic rings. The number of hydrogen-bond donors (Lipinski definition) is 1. The molecule has 0 aromatic rings. The number of allylic oxidation sites excluding steroid dienone is 3. The van der Waals surface area contributed by atoms with Gasteiger partial charge < -0.3 is 9.84 Å². The summed E-state index contributed by atoms with van der Waals surface area (Å²) in [6.07, 6.45) is 12.9. The third-order valence-corrected chi connectivity index (χ3v) is 8.71. The monoisotopic (exact) mass is 408 g/mol. The summed E-state index contributed by atoms with van der Waals surface area (Å²) in [7, 11) is 0. The fourth-order valence-electron chi connectivity index (χ4n) is 6.49. The van der Waals surface area contributed by atoms with Gasteiger partial charge in [0.15, 0.2) is 0 Å². The minimum Gasteiger partial charge on any atom is -0.461 e. The minimum atomic E-state index is -0.306. The van der Waals surface area contributed by atoms with E-state index in [2.05, 4.69) is 48.0 Å². The molecular formula is C21H29BrO3. The Morgan fingerprint density at radius 2 is 1.96 bits per heavy atom. The summed E-state index contributed by atoms with van der Waals surface area (Å²) >= 11 is 3.82. The fraction of sp³-hybridized carbons (Fsp3) is 0.762. The number of alkyl halides is 1. The molecule has 2 saturated carbocycles. The van der Waals surface area contributed by atoms with Gasteiger partial charge in [0.25, 0.3) is 0 Å². The molecule has 0 heterocycles. The SMILES string of the molecule is CC(=O)O[C@H]1[C@H](Br)C[C@H]2[C@@H]3C=CC4C[C@@H](O)C=C[C@]4(C)[C@H]3CC[C@@]21C. The predicted octanol–water partition coefficient (Wildman–Crippen LogP) is 4.25. The normalized spacial score (nSPS) is 53.7. The second-order valence-electron chi connectivity index (χ2n) is 9.14. The van der Waals surface area contributed by atoms with Crippen LogP contribution in [0.1, 0.15) is 46.5 Å². The van der Waals surface area contributed by atoms with E-state index in [4.69, 9.17) is 4.74 Å². The van der Waals surface area contributed by atoms with Crippen molar-refractivity contribution >= 4 is 21.9 Å². The highest BCUT2D eigenvalue weighted by Gasteiger charge is 2.61. The molecule has 0 saturated heterocycles. The quantitative estimate of drug-likeness (QED) is 0.400. The van der Waals surface area contributed by atoms with E-state index in [1.807, 2.05) is 6.08 Å². The molecule has 138 valence electrons. The molecule has 0 amide bonds. The molecule has 1 unspecified atom stereocenters. The number of hydrogen-bond acceptors (Lipinski definition) is 3. The Bertz CT molecular complexity index is 629. The highest BCUT2D eigenvalue weighted by molar-refractivity contribution is 9.09. The van der Waals surface area contributed by atoms with Gasteiger partial charge in [-0.25, -0.2) is 0 Å². The van der Waals surface area contributed by atoms with E-state index >= 15 is 0 Å². The molecule has 1 N–H and O–H groups in total. The van der Waals surface area contributed by atoms with Crippen LogP contribution in [-0.2, 0) is 9.53 Å². The van der Waals surface area contributed by atoms with E-state index in [0.29, 0.717) is 23.7 Å². The third kappa shape index (κ3) is 2.58. The lowest BCUT2D eigenvalue weighted by atomic mass is 9.48. The summed E-state index contributed by atoms with van der Waals surface area (Å²) in [5, 5.41) is 10.0. The molecule has 25 heavy (non-hydrogen) atoms. The van der Waals surface area contributed by atoms with E-state index in [0.717, 1.165) is 25.7 Å². The number of carbonyl (C=O) groups excluding carboxylic acids is 1. The van der Waals surface area contributed by atoms with Crippen LogP contribution < -0.4 is 0 Å². The zero-order valence-corrected chi connectivity index (χ0v) is 16.9. The van der Waals surface area contributed by atoms with E-state index in [1.54, 1.807) is 0 Å². The maximum absolute atomic E-state index is 11.6. The first-order valence-electron chi connectivity index (χ1n) is 9.63. The lowest BCUT2D eigenvalue weighted by Crippen LogP contribution is -2.52. The Balaban J connectivity index is 1.67. The predicted molar refractivity (Wildman–Crippen MR) is 101 cm³/mol. The van der Waals surface area contributed by atoms with Crippen LogP contribution in [0.15, 0.2) is 24.3 Å². The van der Waals surface area contributed by atoms with Gasteiger partial charge >= 0.3 is 5.97 Å². The number of aliphatic hydroxyl groups is 1. The molecule has 0 radical (unpaired) electrons. The van der Waals surface area contributed by atoms with Crippen molar-refractivity contribution < 1.29 is 14.6 Å². The Kier molecular flexibility index (Phi) is 4.23. The number of ether oxygens (including phenoxy) is 1. The third-order valence-electron chi connectivity index (χ3n) is 7.86. The van der Waals surface area contributed by atoms with Gasteiger partial charge in [-0.1, -0.05) is 54.1 Å². The number of fused-ring (bicyclic) bond motifs is 5. The van der Waals surface area contributed by atoms with E-state index in [-0.39, 0.29) is 33.8 Å². The molecule has 3 nitrogen and oxygen atoms in total. The van der Waals surface area contributed by atoms with Crippen LogP contribution in [0.25, 0.3) is 0 Å². The van der Waals surface area contributed by atoms with Crippen molar-refractivity contribution in [2.24, 2.45) is 34.5 Å². The summed E-state index contributed by atoms with van der Waals surface area (Å²) in [6, 6.07) is 0. The van der Waals surface area contributed by atoms with Crippen molar-refractivity contribution in [3.63, 3.8) is 0 Å². The topological polar surface area (TPSA) is 46.5 Å². The first-order valence-corrected chi connectivity index (χ1v) is 10.5. The highest BCUT2D eigenvalue weighted by atomic mass is 79.9. The number of halogens is 1. The van der Waals surface area contributed by atoms with Crippen molar-refractivity contribution in [3.8, 4) is 0 Å². The standard InChI is InChI=1S/C21H29BrO3/c1-12(23)25-19-18(22)11-17-15-5-4-13-10-14(24)6-8-20(13,2)16(15)7-9-21(17,19)3/h4-6,8,13-19,24H,7,9-11H2,1-3H3/t13?,14-,15+,16-,17-,18+,19-,20-,21-/m0/s1. The van der Waals surface area contributed by atoms with Crippen LogP contribution >= 0.6 is 15.9 Å². The molecular weight excluding hydrogens is 380 g/mol. The maximum Gasteiger partial charge on any atom is 0.302 e. The van der Waals surface area contributed by atoms with Crippen LogP contribution in [-0.4, -0.2) is 28.1 Å². The zero-order valence-electron chi connectivity index (χ0n) is 15.3. The van der Waals surface area contributed by atoms with Gasteiger partial charge in [0.05, 0.1) is 10.9 Å². The largest absolute Gasteiger partial charge is 0.461 e. The van der Waals surface area contributed by atoms with Crippen LogP contribution in [0.4, 0.5) is 0 Å². The Labute approximate surface area is 159 Å². The first kappa shape index (κ1) is 17.8. The summed E-state index contributed by atoms with van der Waals surface area (Å²) in [6.45, 7) is 6.23. The molecule has 0 aliphatic heterocycles.